The number of carbonyl (C=O) groups excluding carboxylic acids is 1. The Kier molecular flexibility index (Phi) is 1.26. The Bertz CT molecular complexity index is 193. The van der Waals surface area contributed by atoms with Gasteiger partial charge in [0.1, 0.15) is 11.5 Å². The third kappa shape index (κ3) is 0.753. The number of ether oxygens (including phenoxy) is 1. The summed E-state index contributed by atoms with van der Waals surface area (Å²) in [4.78, 5) is 11.2. The van der Waals surface area contributed by atoms with Crippen molar-refractivity contribution >= 4 is 5.78 Å². The van der Waals surface area contributed by atoms with Crippen molar-refractivity contribution in [2.24, 2.45) is 5.92 Å². The van der Waals surface area contributed by atoms with Crippen LogP contribution in [0.15, 0.2) is 11.8 Å². The highest BCUT2D eigenvalue weighted by Gasteiger charge is 2.31. The predicted octanol–water partition coefficient (Wildman–Crippen LogP) is 1.27. The molecule has 0 aromatic carbocycles. The molecule has 0 aromatic heterocycles. The lowest BCUT2D eigenvalue weighted by Gasteiger charge is -2.12. The number of hydrogen-bond donors (Lipinski definition) is 0. The largest absolute Gasteiger partial charge is 0.497 e. The fraction of sp³-hybridized carbons (Fsp3) is 0.625. The van der Waals surface area contributed by atoms with E-state index in [0.717, 1.165) is 31.6 Å². The molecule has 2 aliphatic rings. The quantitative estimate of drug-likeness (QED) is 0.504. The van der Waals surface area contributed by atoms with Crippen LogP contribution in [0.5, 0.6) is 0 Å². The van der Waals surface area contributed by atoms with Crippen molar-refractivity contribution in [1.82, 2.24) is 0 Å². The van der Waals surface area contributed by atoms with Crippen molar-refractivity contribution in [2.75, 3.05) is 6.61 Å². The zero-order valence-electron chi connectivity index (χ0n) is 5.80. The number of allylic oxidation sites excluding steroid dienone is 2. The topological polar surface area (TPSA) is 26.3 Å². The molecule has 1 aliphatic carbocycles. The van der Waals surface area contributed by atoms with Crippen LogP contribution in [0.4, 0.5) is 0 Å². The molecule has 54 valence electrons. The Labute approximate surface area is 59.9 Å². The molecule has 2 rings (SSSR count). The monoisotopic (exact) mass is 138 g/mol. The number of Topliss-reactive ketones (excluding diaryl/α,β-unsaturated/α-hetero) is 1. The first kappa shape index (κ1) is 5.96. The number of rotatable bonds is 0. The minimum Gasteiger partial charge on any atom is -0.497 e. The van der Waals surface area contributed by atoms with Gasteiger partial charge in [0.15, 0.2) is 0 Å². The van der Waals surface area contributed by atoms with Crippen molar-refractivity contribution in [1.29, 1.82) is 0 Å². The molecule has 1 fully saturated rings. The van der Waals surface area contributed by atoms with E-state index >= 15 is 0 Å². The standard InChI is InChI=1S/C8H10O2/c9-7-2-1-3-8-6(7)4-5-10-8/h3,6H,1-2,4-5H2. The minimum atomic E-state index is 0.133. The van der Waals surface area contributed by atoms with E-state index in [4.69, 9.17) is 4.74 Å². The average molecular weight is 138 g/mol. The second-order valence-corrected chi connectivity index (χ2v) is 2.80. The van der Waals surface area contributed by atoms with Crippen molar-refractivity contribution in [3.05, 3.63) is 11.8 Å². The smallest absolute Gasteiger partial charge is 0.143 e. The van der Waals surface area contributed by atoms with Gasteiger partial charge in [-0.25, -0.2) is 0 Å². The Morgan fingerprint density at radius 3 is 3.30 bits per heavy atom. The van der Waals surface area contributed by atoms with Crippen LogP contribution < -0.4 is 0 Å². The van der Waals surface area contributed by atoms with E-state index in [2.05, 4.69) is 6.08 Å². The molecule has 0 amide bonds. The third-order valence-electron chi connectivity index (χ3n) is 2.14. The van der Waals surface area contributed by atoms with Gasteiger partial charge in [-0.05, 0) is 18.9 Å². The molecule has 1 heterocycles. The van der Waals surface area contributed by atoms with E-state index in [0.29, 0.717) is 5.78 Å². The highest BCUT2D eigenvalue weighted by Crippen LogP contribution is 2.30. The van der Waals surface area contributed by atoms with Gasteiger partial charge < -0.3 is 4.74 Å². The van der Waals surface area contributed by atoms with Gasteiger partial charge in [-0.1, -0.05) is 0 Å². The fourth-order valence-corrected chi connectivity index (χ4v) is 1.59. The molecule has 10 heavy (non-hydrogen) atoms. The van der Waals surface area contributed by atoms with E-state index in [9.17, 15) is 4.79 Å². The summed E-state index contributed by atoms with van der Waals surface area (Å²) in [6, 6.07) is 0. The average Bonchev–Trinajstić information content (AvgIpc) is 2.36. The lowest BCUT2D eigenvalue weighted by atomic mass is 9.92. The highest BCUT2D eigenvalue weighted by molar-refractivity contribution is 5.84. The SMILES string of the molecule is O=C1CCC=C2OCCC12. The molecule has 1 unspecified atom stereocenters. The van der Waals surface area contributed by atoms with Gasteiger partial charge in [-0.3, -0.25) is 4.79 Å². The molecule has 0 radical (unpaired) electrons. The van der Waals surface area contributed by atoms with Crippen LogP contribution in [0.25, 0.3) is 0 Å². The Morgan fingerprint density at radius 2 is 2.50 bits per heavy atom. The second-order valence-electron chi connectivity index (χ2n) is 2.80. The number of ketones is 1. The molecule has 2 heteroatoms. The van der Waals surface area contributed by atoms with Crippen LogP contribution >= 0.6 is 0 Å². The van der Waals surface area contributed by atoms with Crippen LogP contribution in [0.3, 0.4) is 0 Å². The molecule has 0 aromatic rings. The van der Waals surface area contributed by atoms with Crippen molar-refractivity contribution in [3.8, 4) is 0 Å². The lowest BCUT2D eigenvalue weighted by molar-refractivity contribution is -0.122. The van der Waals surface area contributed by atoms with Gasteiger partial charge in [-0.15, -0.1) is 0 Å². The molecule has 2 nitrogen and oxygen atoms in total. The summed E-state index contributed by atoms with van der Waals surface area (Å²) in [5.41, 5.74) is 0. The van der Waals surface area contributed by atoms with Gasteiger partial charge in [0.2, 0.25) is 0 Å². The van der Waals surface area contributed by atoms with Crippen molar-refractivity contribution < 1.29 is 9.53 Å². The molecule has 0 N–H and O–H groups in total. The Morgan fingerprint density at radius 1 is 1.60 bits per heavy atom. The number of hydrogen-bond acceptors (Lipinski definition) is 2. The Balaban J connectivity index is 2.26. The minimum absolute atomic E-state index is 0.133. The maximum Gasteiger partial charge on any atom is 0.143 e. The van der Waals surface area contributed by atoms with Gasteiger partial charge >= 0.3 is 0 Å². The van der Waals surface area contributed by atoms with Crippen molar-refractivity contribution in [2.45, 2.75) is 19.3 Å². The van der Waals surface area contributed by atoms with Gasteiger partial charge in [0.25, 0.3) is 0 Å². The molecule has 0 spiro atoms. The van der Waals surface area contributed by atoms with Gasteiger partial charge in [0.05, 0.1) is 12.5 Å². The molecular formula is C8H10O2. The Hall–Kier alpha value is -0.790. The van der Waals surface area contributed by atoms with Crippen LogP contribution in [-0.4, -0.2) is 12.4 Å². The lowest BCUT2D eigenvalue weighted by Crippen LogP contribution is -2.15. The summed E-state index contributed by atoms with van der Waals surface area (Å²) in [7, 11) is 0. The van der Waals surface area contributed by atoms with Crippen molar-refractivity contribution in [3.63, 3.8) is 0 Å². The van der Waals surface area contributed by atoms with E-state index in [1.54, 1.807) is 0 Å². The number of fused-ring (bicyclic) bond motifs is 1. The first-order valence-corrected chi connectivity index (χ1v) is 3.73. The molecular weight excluding hydrogens is 128 g/mol. The summed E-state index contributed by atoms with van der Waals surface area (Å²) in [6.07, 6.45) is 4.56. The predicted molar refractivity (Wildman–Crippen MR) is 36.4 cm³/mol. The zero-order valence-corrected chi connectivity index (χ0v) is 5.80. The summed E-state index contributed by atoms with van der Waals surface area (Å²) in [5.74, 6) is 1.44. The zero-order chi connectivity index (χ0) is 6.97. The summed E-state index contributed by atoms with van der Waals surface area (Å²) >= 11 is 0. The molecule has 0 saturated carbocycles. The molecule has 1 atom stereocenters. The number of carbonyl (C=O) groups is 1. The van der Waals surface area contributed by atoms with Crippen LogP contribution in [-0.2, 0) is 9.53 Å². The summed E-state index contributed by atoms with van der Waals surface area (Å²) < 4.78 is 5.27. The molecule has 1 saturated heterocycles. The normalized spacial score (nSPS) is 31.0. The van der Waals surface area contributed by atoms with Gasteiger partial charge in [0, 0.05) is 6.42 Å². The van der Waals surface area contributed by atoms with Crippen LogP contribution in [0.2, 0.25) is 0 Å². The molecule has 0 bridgehead atoms. The van der Waals surface area contributed by atoms with Gasteiger partial charge in [-0.2, -0.15) is 0 Å². The first-order chi connectivity index (χ1) is 4.88. The summed E-state index contributed by atoms with van der Waals surface area (Å²) in [5, 5.41) is 0. The van der Waals surface area contributed by atoms with E-state index in [1.165, 1.54) is 0 Å². The van der Waals surface area contributed by atoms with Crippen LogP contribution in [0, 0.1) is 5.92 Å². The highest BCUT2D eigenvalue weighted by atomic mass is 16.5. The summed E-state index contributed by atoms with van der Waals surface area (Å²) in [6.45, 7) is 0.738. The van der Waals surface area contributed by atoms with E-state index < -0.39 is 0 Å². The maximum atomic E-state index is 11.2. The third-order valence-corrected chi connectivity index (χ3v) is 2.14. The maximum absolute atomic E-state index is 11.2. The molecule has 1 aliphatic heterocycles. The van der Waals surface area contributed by atoms with Crippen LogP contribution in [0.1, 0.15) is 19.3 Å². The second kappa shape index (κ2) is 2.11. The first-order valence-electron chi connectivity index (χ1n) is 3.73. The van der Waals surface area contributed by atoms with E-state index in [1.807, 2.05) is 0 Å². The van der Waals surface area contributed by atoms with E-state index in [-0.39, 0.29) is 5.92 Å². The fourth-order valence-electron chi connectivity index (χ4n) is 1.59.